The van der Waals surface area contributed by atoms with Gasteiger partial charge in [0.15, 0.2) is 5.11 Å². The Morgan fingerprint density at radius 3 is 2.26 bits per heavy atom. The quantitative estimate of drug-likeness (QED) is 0.822. The molecule has 1 aromatic carbocycles. The molecule has 0 bridgehead atoms. The first-order chi connectivity index (χ1) is 9.04. The minimum absolute atomic E-state index is 0.485. The molecule has 2 N–H and O–H groups in total. The summed E-state index contributed by atoms with van der Waals surface area (Å²) in [5.41, 5.74) is 3.93. The largest absolute Gasteiger partial charge is 0.332 e. The summed E-state index contributed by atoms with van der Waals surface area (Å²) in [4.78, 5) is 8.58. The molecule has 0 aliphatic carbocycles. The lowest BCUT2D eigenvalue weighted by Crippen LogP contribution is -2.21. The van der Waals surface area contributed by atoms with Crippen molar-refractivity contribution in [2.45, 2.75) is 20.8 Å². The fourth-order valence-electron chi connectivity index (χ4n) is 1.75. The fourth-order valence-corrected chi connectivity index (χ4v) is 1.95. The van der Waals surface area contributed by atoms with E-state index < -0.39 is 0 Å². The summed E-state index contributed by atoms with van der Waals surface area (Å²) in [6, 6.07) is 9.88. The van der Waals surface area contributed by atoms with Crippen LogP contribution in [0.5, 0.6) is 0 Å². The van der Waals surface area contributed by atoms with Crippen LogP contribution in [0.15, 0.2) is 30.3 Å². The number of para-hydroxylation sites is 1. The minimum atomic E-state index is 0.485. The van der Waals surface area contributed by atoms with Gasteiger partial charge in [-0.1, -0.05) is 18.2 Å². The molecule has 0 amide bonds. The first-order valence-electron chi connectivity index (χ1n) is 6.00. The van der Waals surface area contributed by atoms with Gasteiger partial charge in [-0.3, -0.25) is 0 Å². The lowest BCUT2D eigenvalue weighted by molar-refractivity contribution is 1.07. The first kappa shape index (κ1) is 13.4. The van der Waals surface area contributed by atoms with E-state index in [1.807, 2.05) is 51.1 Å². The summed E-state index contributed by atoms with van der Waals surface area (Å²) in [5.74, 6) is 0.517. The SMILES string of the molecule is Cc1cc(C)nc(NC(=S)Nc2ccccc2C)n1. The van der Waals surface area contributed by atoms with Crippen molar-refractivity contribution in [2.75, 3.05) is 10.6 Å². The maximum Gasteiger partial charge on any atom is 0.229 e. The molecule has 0 saturated heterocycles. The first-order valence-corrected chi connectivity index (χ1v) is 6.41. The summed E-state index contributed by atoms with van der Waals surface area (Å²) in [6.45, 7) is 5.88. The van der Waals surface area contributed by atoms with E-state index in [2.05, 4.69) is 20.6 Å². The average Bonchev–Trinajstić information content (AvgIpc) is 2.30. The molecular weight excluding hydrogens is 256 g/mol. The van der Waals surface area contributed by atoms with Crippen LogP contribution >= 0.6 is 12.2 Å². The van der Waals surface area contributed by atoms with Crippen LogP contribution in [0, 0.1) is 20.8 Å². The predicted octanol–water partition coefficient (Wildman–Crippen LogP) is 3.21. The van der Waals surface area contributed by atoms with Gasteiger partial charge in [0.05, 0.1) is 0 Å². The zero-order valence-corrected chi connectivity index (χ0v) is 12.0. The van der Waals surface area contributed by atoms with Crippen LogP contribution in [0.1, 0.15) is 17.0 Å². The summed E-state index contributed by atoms with van der Waals surface area (Å²) in [7, 11) is 0. The van der Waals surface area contributed by atoms with Crippen LogP contribution in [-0.2, 0) is 0 Å². The Morgan fingerprint density at radius 2 is 1.63 bits per heavy atom. The third-order valence-corrected chi connectivity index (χ3v) is 2.81. The second kappa shape index (κ2) is 5.75. The summed E-state index contributed by atoms with van der Waals surface area (Å²) in [6.07, 6.45) is 0. The van der Waals surface area contributed by atoms with Gasteiger partial charge in [-0.05, 0) is 50.7 Å². The van der Waals surface area contributed by atoms with Gasteiger partial charge >= 0.3 is 0 Å². The van der Waals surface area contributed by atoms with E-state index in [9.17, 15) is 0 Å². The minimum Gasteiger partial charge on any atom is -0.332 e. The molecule has 0 saturated carbocycles. The lowest BCUT2D eigenvalue weighted by atomic mass is 10.2. The maximum atomic E-state index is 5.26. The number of rotatable bonds is 2. The zero-order chi connectivity index (χ0) is 13.8. The molecule has 0 aliphatic heterocycles. The highest BCUT2D eigenvalue weighted by molar-refractivity contribution is 7.80. The van der Waals surface area contributed by atoms with E-state index in [0.717, 1.165) is 22.6 Å². The molecule has 0 radical (unpaired) electrons. The molecule has 19 heavy (non-hydrogen) atoms. The molecule has 0 atom stereocenters. The van der Waals surface area contributed by atoms with Gasteiger partial charge in [0, 0.05) is 17.1 Å². The standard InChI is InChI=1S/C14H16N4S/c1-9-6-4-5-7-12(9)17-14(19)18-13-15-10(2)8-11(3)16-13/h4-8H,1-3H3,(H2,15,16,17,18,19). The van der Waals surface area contributed by atoms with Crippen LogP contribution < -0.4 is 10.6 Å². The number of aromatic nitrogens is 2. The van der Waals surface area contributed by atoms with Gasteiger partial charge in [0.1, 0.15) is 0 Å². The fraction of sp³-hybridized carbons (Fsp3) is 0.214. The second-order valence-corrected chi connectivity index (χ2v) is 4.78. The van der Waals surface area contributed by atoms with Crippen molar-refractivity contribution in [3.8, 4) is 0 Å². The van der Waals surface area contributed by atoms with E-state index in [0.29, 0.717) is 11.1 Å². The number of hydrogen-bond donors (Lipinski definition) is 2. The molecule has 2 rings (SSSR count). The molecule has 5 heteroatoms. The number of anilines is 2. The maximum absolute atomic E-state index is 5.26. The molecule has 98 valence electrons. The third kappa shape index (κ3) is 3.72. The van der Waals surface area contributed by atoms with Crippen molar-refractivity contribution < 1.29 is 0 Å². The highest BCUT2D eigenvalue weighted by Gasteiger charge is 2.04. The molecule has 4 nitrogen and oxygen atoms in total. The van der Waals surface area contributed by atoms with Crippen molar-refractivity contribution >= 4 is 29.0 Å². The highest BCUT2D eigenvalue weighted by Crippen LogP contribution is 2.13. The van der Waals surface area contributed by atoms with Crippen LogP contribution in [0.3, 0.4) is 0 Å². The smallest absolute Gasteiger partial charge is 0.229 e. The molecule has 2 aromatic rings. The molecule has 0 fully saturated rings. The number of thiocarbonyl (C=S) groups is 1. The summed E-state index contributed by atoms with van der Waals surface area (Å²) >= 11 is 5.26. The van der Waals surface area contributed by atoms with Crippen molar-refractivity contribution in [1.29, 1.82) is 0 Å². The Balaban J connectivity index is 2.07. The van der Waals surface area contributed by atoms with E-state index >= 15 is 0 Å². The number of benzene rings is 1. The lowest BCUT2D eigenvalue weighted by Gasteiger charge is -2.11. The van der Waals surface area contributed by atoms with E-state index in [4.69, 9.17) is 12.2 Å². The monoisotopic (exact) mass is 272 g/mol. The Bertz CT molecular complexity index is 590. The van der Waals surface area contributed by atoms with Gasteiger partial charge in [-0.15, -0.1) is 0 Å². The van der Waals surface area contributed by atoms with Crippen LogP contribution in [-0.4, -0.2) is 15.1 Å². The topological polar surface area (TPSA) is 49.8 Å². The van der Waals surface area contributed by atoms with Crippen molar-refractivity contribution in [3.63, 3.8) is 0 Å². The molecule has 0 unspecified atom stereocenters. The van der Waals surface area contributed by atoms with Crippen LogP contribution in [0.4, 0.5) is 11.6 Å². The molecule has 1 heterocycles. The summed E-state index contributed by atoms with van der Waals surface area (Å²) < 4.78 is 0. The van der Waals surface area contributed by atoms with E-state index in [1.165, 1.54) is 0 Å². The Labute approximate surface area is 118 Å². The van der Waals surface area contributed by atoms with E-state index in [-0.39, 0.29) is 0 Å². The van der Waals surface area contributed by atoms with Crippen LogP contribution in [0.2, 0.25) is 0 Å². The van der Waals surface area contributed by atoms with Crippen molar-refractivity contribution in [3.05, 3.63) is 47.3 Å². The number of nitrogens with zero attached hydrogens (tertiary/aromatic N) is 2. The molecule has 0 spiro atoms. The van der Waals surface area contributed by atoms with Gasteiger partial charge in [0.2, 0.25) is 5.95 Å². The average molecular weight is 272 g/mol. The van der Waals surface area contributed by atoms with Crippen LogP contribution in [0.25, 0.3) is 0 Å². The number of aryl methyl sites for hydroxylation is 3. The number of hydrogen-bond acceptors (Lipinski definition) is 3. The zero-order valence-electron chi connectivity index (χ0n) is 11.2. The predicted molar refractivity (Wildman–Crippen MR) is 82.5 cm³/mol. The van der Waals surface area contributed by atoms with E-state index in [1.54, 1.807) is 0 Å². The Morgan fingerprint density at radius 1 is 1.00 bits per heavy atom. The van der Waals surface area contributed by atoms with Crippen molar-refractivity contribution in [1.82, 2.24) is 9.97 Å². The Hall–Kier alpha value is -2.01. The molecule has 1 aromatic heterocycles. The molecular formula is C14H16N4S. The van der Waals surface area contributed by atoms with Gasteiger partial charge < -0.3 is 10.6 Å². The van der Waals surface area contributed by atoms with Crippen molar-refractivity contribution in [2.24, 2.45) is 0 Å². The Kier molecular flexibility index (Phi) is 4.06. The van der Waals surface area contributed by atoms with Gasteiger partial charge in [0.25, 0.3) is 0 Å². The van der Waals surface area contributed by atoms with Gasteiger partial charge in [-0.25, -0.2) is 9.97 Å². The highest BCUT2D eigenvalue weighted by atomic mass is 32.1. The van der Waals surface area contributed by atoms with Gasteiger partial charge in [-0.2, -0.15) is 0 Å². The summed E-state index contributed by atoms with van der Waals surface area (Å²) in [5, 5.41) is 6.62. The number of nitrogens with one attached hydrogen (secondary N) is 2. The normalized spacial score (nSPS) is 10.1. The molecule has 0 aliphatic rings. The third-order valence-electron chi connectivity index (χ3n) is 2.60. The second-order valence-electron chi connectivity index (χ2n) is 4.37.